The maximum absolute atomic E-state index is 12.4. The highest BCUT2D eigenvalue weighted by Crippen LogP contribution is 2.42. The summed E-state index contributed by atoms with van der Waals surface area (Å²) in [7, 11) is 0. The summed E-state index contributed by atoms with van der Waals surface area (Å²) in [4.78, 5) is 13.4. The SMILES string of the molecule is CC(C)=CC(C)(C(=O)N(CO)CO)C(C)(C)C. The second-order valence-corrected chi connectivity index (χ2v) is 5.80. The van der Waals surface area contributed by atoms with Crippen molar-refractivity contribution in [2.45, 2.75) is 41.5 Å². The summed E-state index contributed by atoms with van der Waals surface area (Å²) in [6.07, 6.45) is 1.90. The fraction of sp³-hybridized carbons (Fsp3) is 0.769. The molecule has 0 bridgehead atoms. The van der Waals surface area contributed by atoms with Crippen LogP contribution in [0.25, 0.3) is 0 Å². The van der Waals surface area contributed by atoms with Crippen LogP contribution in [0, 0.1) is 10.8 Å². The number of carbonyl (C=O) groups is 1. The summed E-state index contributed by atoms with van der Waals surface area (Å²) >= 11 is 0. The van der Waals surface area contributed by atoms with E-state index in [9.17, 15) is 4.79 Å². The van der Waals surface area contributed by atoms with E-state index in [0.29, 0.717) is 0 Å². The zero-order valence-electron chi connectivity index (χ0n) is 11.7. The fourth-order valence-corrected chi connectivity index (χ4v) is 1.68. The van der Waals surface area contributed by atoms with Gasteiger partial charge in [0.1, 0.15) is 13.5 Å². The first-order valence-corrected chi connectivity index (χ1v) is 5.77. The molecular formula is C13H25NO3. The fourth-order valence-electron chi connectivity index (χ4n) is 1.68. The van der Waals surface area contributed by atoms with Gasteiger partial charge in [0, 0.05) is 0 Å². The average Bonchev–Trinajstić information content (AvgIpc) is 2.16. The summed E-state index contributed by atoms with van der Waals surface area (Å²) in [6, 6.07) is 0. The second-order valence-electron chi connectivity index (χ2n) is 5.80. The normalized spacial score (nSPS) is 15.1. The molecule has 0 aliphatic carbocycles. The molecule has 0 saturated carbocycles. The number of amides is 1. The van der Waals surface area contributed by atoms with E-state index in [0.717, 1.165) is 10.5 Å². The molecule has 0 aromatic heterocycles. The molecule has 0 aromatic rings. The van der Waals surface area contributed by atoms with E-state index in [-0.39, 0.29) is 11.3 Å². The maximum Gasteiger partial charge on any atom is 0.236 e. The Morgan fingerprint density at radius 1 is 1.12 bits per heavy atom. The molecule has 0 aliphatic heterocycles. The van der Waals surface area contributed by atoms with Crippen LogP contribution < -0.4 is 0 Å². The Kier molecular flexibility index (Phi) is 5.36. The number of aliphatic hydroxyl groups excluding tert-OH is 2. The lowest BCUT2D eigenvalue weighted by Crippen LogP contribution is -2.48. The molecule has 1 amide bonds. The molecule has 1 unspecified atom stereocenters. The summed E-state index contributed by atoms with van der Waals surface area (Å²) in [5.74, 6) is -0.267. The van der Waals surface area contributed by atoms with E-state index in [1.54, 1.807) is 0 Å². The van der Waals surface area contributed by atoms with Gasteiger partial charge in [0.2, 0.25) is 5.91 Å². The quantitative estimate of drug-likeness (QED) is 0.584. The van der Waals surface area contributed by atoms with Crippen molar-refractivity contribution in [1.82, 2.24) is 4.90 Å². The molecule has 0 radical (unpaired) electrons. The third-order valence-electron chi connectivity index (χ3n) is 3.21. The number of allylic oxidation sites excluding steroid dienone is 1. The van der Waals surface area contributed by atoms with E-state index in [2.05, 4.69) is 0 Å². The third-order valence-corrected chi connectivity index (χ3v) is 3.21. The minimum absolute atomic E-state index is 0.267. The zero-order chi connectivity index (χ0) is 13.9. The first-order chi connectivity index (χ1) is 7.60. The summed E-state index contributed by atoms with van der Waals surface area (Å²) < 4.78 is 0. The van der Waals surface area contributed by atoms with Gasteiger partial charge in [-0.25, -0.2) is 0 Å². The van der Waals surface area contributed by atoms with Gasteiger partial charge in [-0.3, -0.25) is 9.69 Å². The number of carbonyl (C=O) groups excluding carboxylic acids is 1. The lowest BCUT2D eigenvalue weighted by Gasteiger charge is -2.41. The predicted molar refractivity (Wildman–Crippen MR) is 68.0 cm³/mol. The van der Waals surface area contributed by atoms with Gasteiger partial charge in [0.25, 0.3) is 0 Å². The maximum atomic E-state index is 12.4. The third kappa shape index (κ3) is 3.54. The van der Waals surface area contributed by atoms with Crippen molar-refractivity contribution in [1.29, 1.82) is 0 Å². The number of hydrogen-bond acceptors (Lipinski definition) is 3. The number of hydrogen-bond donors (Lipinski definition) is 2. The van der Waals surface area contributed by atoms with Crippen LogP contribution in [-0.4, -0.2) is 34.5 Å². The molecule has 17 heavy (non-hydrogen) atoms. The van der Waals surface area contributed by atoms with Gasteiger partial charge < -0.3 is 10.2 Å². The Labute approximate surface area is 104 Å². The molecule has 0 rings (SSSR count). The van der Waals surface area contributed by atoms with Gasteiger partial charge in [-0.2, -0.15) is 0 Å². The topological polar surface area (TPSA) is 60.8 Å². The van der Waals surface area contributed by atoms with Crippen LogP contribution >= 0.6 is 0 Å². The Balaban J connectivity index is 5.50. The largest absolute Gasteiger partial charge is 0.376 e. The number of aliphatic hydroxyl groups is 2. The van der Waals surface area contributed by atoms with E-state index in [1.165, 1.54) is 0 Å². The van der Waals surface area contributed by atoms with Crippen LogP contribution in [0.1, 0.15) is 41.5 Å². The van der Waals surface area contributed by atoms with Crippen molar-refractivity contribution in [3.8, 4) is 0 Å². The summed E-state index contributed by atoms with van der Waals surface area (Å²) in [5.41, 5.74) is -0.0204. The highest BCUT2D eigenvalue weighted by molar-refractivity contribution is 5.85. The van der Waals surface area contributed by atoms with Crippen LogP contribution in [0.5, 0.6) is 0 Å². The van der Waals surface area contributed by atoms with Crippen LogP contribution in [0.4, 0.5) is 0 Å². The highest BCUT2D eigenvalue weighted by Gasteiger charge is 2.44. The highest BCUT2D eigenvalue weighted by atomic mass is 16.3. The average molecular weight is 243 g/mol. The molecule has 0 fully saturated rings. The Hall–Kier alpha value is -0.870. The molecule has 0 aromatic carbocycles. The molecule has 4 nitrogen and oxygen atoms in total. The molecule has 2 N–H and O–H groups in total. The summed E-state index contributed by atoms with van der Waals surface area (Å²) in [6.45, 7) is 10.7. The molecule has 1 atom stereocenters. The zero-order valence-corrected chi connectivity index (χ0v) is 11.7. The van der Waals surface area contributed by atoms with E-state index >= 15 is 0 Å². The molecular weight excluding hydrogens is 218 g/mol. The minimum Gasteiger partial charge on any atom is -0.376 e. The van der Waals surface area contributed by atoms with Crippen LogP contribution in [0.2, 0.25) is 0 Å². The first-order valence-electron chi connectivity index (χ1n) is 5.77. The smallest absolute Gasteiger partial charge is 0.236 e. The van der Waals surface area contributed by atoms with Gasteiger partial charge in [0.05, 0.1) is 5.41 Å². The van der Waals surface area contributed by atoms with Gasteiger partial charge in [0.15, 0.2) is 0 Å². The standard InChI is InChI=1S/C13H25NO3/c1-10(2)7-13(6,12(3,4)5)11(17)14(8-15)9-16/h7,15-16H,8-9H2,1-6H3. The van der Waals surface area contributed by atoms with Crippen molar-refractivity contribution < 1.29 is 15.0 Å². The molecule has 0 aliphatic rings. The second kappa shape index (κ2) is 5.65. The van der Waals surface area contributed by atoms with Crippen LogP contribution in [0.15, 0.2) is 11.6 Å². The van der Waals surface area contributed by atoms with E-state index < -0.39 is 18.9 Å². The molecule has 0 heterocycles. The molecule has 4 heteroatoms. The van der Waals surface area contributed by atoms with Crippen molar-refractivity contribution in [2.24, 2.45) is 10.8 Å². The molecule has 100 valence electrons. The predicted octanol–water partition coefficient (Wildman–Crippen LogP) is 1.73. The van der Waals surface area contributed by atoms with Crippen molar-refractivity contribution in [3.05, 3.63) is 11.6 Å². The van der Waals surface area contributed by atoms with Crippen LogP contribution in [0.3, 0.4) is 0 Å². The lowest BCUT2D eigenvalue weighted by molar-refractivity contribution is -0.152. The van der Waals surface area contributed by atoms with E-state index in [1.807, 2.05) is 47.6 Å². The monoisotopic (exact) mass is 243 g/mol. The van der Waals surface area contributed by atoms with Crippen LogP contribution in [-0.2, 0) is 4.79 Å². The Morgan fingerprint density at radius 3 is 1.76 bits per heavy atom. The van der Waals surface area contributed by atoms with Crippen molar-refractivity contribution in [2.75, 3.05) is 13.5 Å². The molecule has 0 saturated heterocycles. The number of nitrogens with zero attached hydrogens (tertiary/aromatic N) is 1. The lowest BCUT2D eigenvalue weighted by atomic mass is 9.66. The Morgan fingerprint density at radius 2 is 1.53 bits per heavy atom. The van der Waals surface area contributed by atoms with E-state index in [4.69, 9.17) is 10.2 Å². The first kappa shape index (κ1) is 16.1. The number of rotatable bonds is 4. The van der Waals surface area contributed by atoms with Crippen molar-refractivity contribution >= 4 is 5.91 Å². The van der Waals surface area contributed by atoms with Gasteiger partial charge in [-0.15, -0.1) is 0 Å². The van der Waals surface area contributed by atoms with Crippen molar-refractivity contribution in [3.63, 3.8) is 0 Å². The minimum atomic E-state index is -0.753. The molecule has 0 spiro atoms. The Bertz CT molecular complexity index is 296. The van der Waals surface area contributed by atoms with Gasteiger partial charge >= 0.3 is 0 Å². The summed E-state index contributed by atoms with van der Waals surface area (Å²) in [5, 5.41) is 18.2. The van der Waals surface area contributed by atoms with Gasteiger partial charge in [-0.1, -0.05) is 32.4 Å². The van der Waals surface area contributed by atoms with Gasteiger partial charge in [-0.05, 0) is 26.2 Å².